The maximum Gasteiger partial charge on any atom is 0.0359 e. The Balaban J connectivity index is 2.36. The van der Waals surface area contributed by atoms with Crippen LogP contribution in [0.2, 0.25) is 0 Å². The van der Waals surface area contributed by atoms with Gasteiger partial charge in [-0.25, -0.2) is 0 Å². The van der Waals surface area contributed by atoms with Gasteiger partial charge in [-0.05, 0) is 35.3 Å². The number of hydrogen-bond donors (Lipinski definition) is 0. The highest BCUT2D eigenvalue weighted by Crippen LogP contribution is 2.36. The molecule has 0 atom stereocenters. The number of fused-ring (bicyclic) bond motifs is 3. The van der Waals surface area contributed by atoms with E-state index in [9.17, 15) is 0 Å². The van der Waals surface area contributed by atoms with Crippen LogP contribution >= 0.6 is 0 Å². The van der Waals surface area contributed by atoms with Crippen LogP contribution in [0.5, 0.6) is 0 Å². The molecule has 0 radical (unpaired) electrons. The van der Waals surface area contributed by atoms with Crippen molar-refractivity contribution in [3.8, 4) is 0 Å². The van der Waals surface area contributed by atoms with Crippen LogP contribution in [0.3, 0.4) is 0 Å². The Bertz CT molecular complexity index is 503. The van der Waals surface area contributed by atoms with E-state index in [1.807, 2.05) is 6.08 Å². The summed E-state index contributed by atoms with van der Waals surface area (Å²) in [5.74, 6) is 0. The molecule has 13 heavy (non-hydrogen) atoms. The Morgan fingerprint density at radius 2 is 2.08 bits per heavy atom. The number of allylic oxidation sites excluding steroid dienone is 4. The first-order valence-corrected chi connectivity index (χ1v) is 4.45. The molecule has 0 unspecified atom stereocenters. The number of rotatable bonds is 0. The lowest BCUT2D eigenvalue weighted by molar-refractivity contribution is 1.27. The summed E-state index contributed by atoms with van der Waals surface area (Å²) in [6.45, 7) is 0. The molecule has 0 aromatic heterocycles. The van der Waals surface area contributed by atoms with Gasteiger partial charge in [0.2, 0.25) is 0 Å². The normalized spacial score (nSPS) is 16.3. The van der Waals surface area contributed by atoms with E-state index in [0.29, 0.717) is 0 Å². The zero-order chi connectivity index (χ0) is 8.67. The molecular weight excluding hydrogens is 156 g/mol. The summed E-state index contributed by atoms with van der Waals surface area (Å²) < 4.78 is 0. The summed E-state index contributed by atoms with van der Waals surface area (Å²) >= 11 is 0. The molecule has 0 aliphatic heterocycles. The van der Waals surface area contributed by atoms with E-state index in [0.717, 1.165) is 6.42 Å². The molecule has 1 aromatic rings. The molecule has 0 amide bonds. The van der Waals surface area contributed by atoms with Crippen LogP contribution in [0.25, 0.3) is 5.57 Å². The van der Waals surface area contributed by atoms with Crippen molar-refractivity contribution in [3.05, 3.63) is 64.6 Å². The van der Waals surface area contributed by atoms with E-state index >= 15 is 0 Å². The molecule has 60 valence electrons. The average molecular weight is 164 g/mol. The van der Waals surface area contributed by atoms with Gasteiger partial charge >= 0.3 is 0 Å². The molecule has 1 aromatic carbocycles. The minimum atomic E-state index is 1.05. The first kappa shape index (κ1) is 6.74. The Morgan fingerprint density at radius 1 is 1.15 bits per heavy atom. The zero-order valence-corrected chi connectivity index (χ0v) is 7.17. The van der Waals surface area contributed by atoms with Gasteiger partial charge in [-0.3, -0.25) is 0 Å². The van der Waals surface area contributed by atoms with E-state index in [1.54, 1.807) is 0 Å². The molecule has 0 fully saturated rings. The van der Waals surface area contributed by atoms with Gasteiger partial charge in [-0.2, -0.15) is 0 Å². The smallest absolute Gasteiger partial charge is 0.0359 e. The van der Waals surface area contributed by atoms with Crippen molar-refractivity contribution >= 4 is 5.57 Å². The highest BCUT2D eigenvalue weighted by molar-refractivity contribution is 5.86. The van der Waals surface area contributed by atoms with Crippen molar-refractivity contribution in [1.82, 2.24) is 0 Å². The fourth-order valence-corrected chi connectivity index (χ4v) is 1.93. The lowest BCUT2D eigenvalue weighted by atomic mass is 10.0. The molecule has 0 saturated carbocycles. The first-order chi connectivity index (χ1) is 6.45. The lowest BCUT2D eigenvalue weighted by Gasteiger charge is -1.97. The second kappa shape index (κ2) is 2.37. The van der Waals surface area contributed by atoms with Crippen molar-refractivity contribution in [2.75, 3.05) is 0 Å². The molecule has 0 nitrogen and oxygen atoms in total. The van der Waals surface area contributed by atoms with Gasteiger partial charge in [0.15, 0.2) is 0 Å². The Hall–Kier alpha value is -1.74. The molecule has 0 saturated heterocycles. The lowest BCUT2D eigenvalue weighted by Crippen LogP contribution is -1.79. The second-order valence-electron chi connectivity index (χ2n) is 3.34. The second-order valence-corrected chi connectivity index (χ2v) is 3.34. The monoisotopic (exact) mass is 164 g/mol. The van der Waals surface area contributed by atoms with E-state index < -0.39 is 0 Å². The molecule has 0 spiro atoms. The molecule has 2 aliphatic rings. The van der Waals surface area contributed by atoms with Crippen LogP contribution in [-0.2, 0) is 6.42 Å². The Morgan fingerprint density at radius 3 is 3.08 bits per heavy atom. The van der Waals surface area contributed by atoms with Crippen molar-refractivity contribution < 1.29 is 0 Å². The molecule has 2 aliphatic carbocycles. The summed E-state index contributed by atoms with van der Waals surface area (Å²) in [5, 5.41) is 0. The molecule has 0 heteroatoms. The maximum atomic E-state index is 3.18. The quantitative estimate of drug-likeness (QED) is 0.517. The van der Waals surface area contributed by atoms with Crippen molar-refractivity contribution in [2.45, 2.75) is 6.42 Å². The SMILES string of the molecule is C1=C=C2C(=CC=1)Cc1ccccc12. The third-order valence-electron chi connectivity index (χ3n) is 2.55. The summed E-state index contributed by atoms with van der Waals surface area (Å²) in [6, 6.07) is 8.51. The van der Waals surface area contributed by atoms with Gasteiger partial charge in [0.1, 0.15) is 0 Å². The molecular formula is C13H8. The van der Waals surface area contributed by atoms with Gasteiger partial charge in [-0.15, -0.1) is 0 Å². The third-order valence-corrected chi connectivity index (χ3v) is 2.55. The number of benzene rings is 1. The summed E-state index contributed by atoms with van der Waals surface area (Å²) in [7, 11) is 0. The van der Waals surface area contributed by atoms with Gasteiger partial charge in [0.05, 0.1) is 0 Å². The predicted octanol–water partition coefficient (Wildman–Crippen LogP) is 2.88. The Kier molecular flexibility index (Phi) is 1.23. The van der Waals surface area contributed by atoms with Crippen LogP contribution in [0.1, 0.15) is 11.1 Å². The molecule has 0 heterocycles. The highest BCUT2D eigenvalue weighted by Gasteiger charge is 2.20. The Labute approximate surface area is 77.2 Å². The predicted molar refractivity (Wildman–Crippen MR) is 53.2 cm³/mol. The minimum Gasteiger partial charge on any atom is -0.0696 e. The fourth-order valence-electron chi connectivity index (χ4n) is 1.93. The van der Waals surface area contributed by atoms with Crippen LogP contribution < -0.4 is 0 Å². The highest BCUT2D eigenvalue weighted by atomic mass is 14.2. The van der Waals surface area contributed by atoms with Gasteiger partial charge in [0.25, 0.3) is 0 Å². The van der Waals surface area contributed by atoms with E-state index in [1.165, 1.54) is 22.3 Å². The van der Waals surface area contributed by atoms with Crippen LogP contribution in [0.4, 0.5) is 0 Å². The molecule has 0 bridgehead atoms. The fraction of sp³-hybridized carbons (Fsp3) is 0.0769. The van der Waals surface area contributed by atoms with Crippen LogP contribution in [0.15, 0.2) is 53.5 Å². The minimum absolute atomic E-state index is 1.05. The van der Waals surface area contributed by atoms with Gasteiger partial charge in [-0.1, -0.05) is 35.7 Å². The number of hydrogen-bond acceptors (Lipinski definition) is 0. The van der Waals surface area contributed by atoms with Crippen molar-refractivity contribution in [2.24, 2.45) is 0 Å². The van der Waals surface area contributed by atoms with Gasteiger partial charge in [0, 0.05) is 5.57 Å². The van der Waals surface area contributed by atoms with E-state index in [-0.39, 0.29) is 0 Å². The summed E-state index contributed by atoms with van der Waals surface area (Å²) in [4.78, 5) is 0. The maximum absolute atomic E-state index is 3.18. The molecule has 3 rings (SSSR count). The zero-order valence-electron chi connectivity index (χ0n) is 7.17. The first-order valence-electron chi connectivity index (χ1n) is 4.45. The van der Waals surface area contributed by atoms with Crippen LogP contribution in [-0.4, -0.2) is 0 Å². The summed E-state index contributed by atoms with van der Waals surface area (Å²) in [5.41, 5.74) is 11.5. The van der Waals surface area contributed by atoms with Crippen molar-refractivity contribution in [1.29, 1.82) is 0 Å². The third kappa shape index (κ3) is 0.877. The van der Waals surface area contributed by atoms with E-state index in [2.05, 4.69) is 41.8 Å². The van der Waals surface area contributed by atoms with E-state index in [4.69, 9.17) is 0 Å². The van der Waals surface area contributed by atoms with Crippen LogP contribution in [0, 0.1) is 0 Å². The largest absolute Gasteiger partial charge is 0.0696 e. The summed E-state index contributed by atoms with van der Waals surface area (Å²) in [6.07, 6.45) is 5.12. The molecule has 0 N–H and O–H groups in total. The van der Waals surface area contributed by atoms with Gasteiger partial charge < -0.3 is 0 Å². The van der Waals surface area contributed by atoms with Crippen molar-refractivity contribution in [3.63, 3.8) is 0 Å². The topological polar surface area (TPSA) is 0 Å². The average Bonchev–Trinajstić information content (AvgIpc) is 2.56. The standard InChI is InChI=1S/C13H8/c1-3-7-12-10(5-1)9-11-6-2-4-8-13(11)12/h1-3,5-7H,9H2.